The predicted octanol–water partition coefficient (Wildman–Crippen LogP) is 5.38. The summed E-state index contributed by atoms with van der Waals surface area (Å²) >= 11 is 17.8. The standard InChI is InChI=1S/C20H16Cl3N3O4S/c1-2-25-20(27)16-9-14(30-15-7-13(22)10-24-11-15)4-5-18(16)26-31(28,29)19-6-3-12(21)8-17(19)23/h3-11,26H,2H2,1H3,(H,25,27). The summed E-state index contributed by atoms with van der Waals surface area (Å²) in [6.45, 7) is 2.09. The van der Waals surface area contributed by atoms with Crippen LogP contribution in [-0.4, -0.2) is 25.9 Å². The van der Waals surface area contributed by atoms with Crippen molar-refractivity contribution in [3.05, 3.63) is 75.5 Å². The topological polar surface area (TPSA) is 97.4 Å². The molecule has 0 fully saturated rings. The molecule has 162 valence electrons. The third-order valence-electron chi connectivity index (χ3n) is 3.92. The zero-order chi connectivity index (χ0) is 22.6. The van der Waals surface area contributed by atoms with Crippen molar-refractivity contribution < 1.29 is 17.9 Å². The number of amides is 1. The first kappa shape index (κ1) is 23.1. The Balaban J connectivity index is 1.97. The van der Waals surface area contributed by atoms with Crippen LogP contribution >= 0.6 is 34.8 Å². The Morgan fingerprint density at radius 1 is 1.00 bits per heavy atom. The first-order valence-electron chi connectivity index (χ1n) is 8.88. The quantitative estimate of drug-likeness (QED) is 0.454. The van der Waals surface area contributed by atoms with Gasteiger partial charge in [0.1, 0.15) is 16.4 Å². The lowest BCUT2D eigenvalue weighted by Crippen LogP contribution is -2.25. The second kappa shape index (κ2) is 9.74. The molecule has 7 nitrogen and oxygen atoms in total. The number of nitrogens with zero attached hydrogens (tertiary/aromatic N) is 1. The lowest BCUT2D eigenvalue weighted by molar-refractivity contribution is 0.0956. The number of pyridine rings is 1. The van der Waals surface area contributed by atoms with Gasteiger partial charge in [-0.25, -0.2) is 8.42 Å². The molecule has 1 aromatic heterocycles. The van der Waals surface area contributed by atoms with Crippen LogP contribution in [0.3, 0.4) is 0 Å². The molecule has 0 saturated heterocycles. The minimum Gasteiger partial charge on any atom is -0.456 e. The van der Waals surface area contributed by atoms with Crippen molar-refractivity contribution in [2.75, 3.05) is 11.3 Å². The highest BCUT2D eigenvalue weighted by atomic mass is 35.5. The molecule has 0 bridgehead atoms. The molecule has 0 aliphatic heterocycles. The van der Waals surface area contributed by atoms with Crippen LogP contribution in [0.25, 0.3) is 0 Å². The zero-order valence-corrected chi connectivity index (χ0v) is 19.1. The number of nitrogens with one attached hydrogen (secondary N) is 2. The number of anilines is 1. The fourth-order valence-electron chi connectivity index (χ4n) is 2.60. The van der Waals surface area contributed by atoms with Gasteiger partial charge >= 0.3 is 0 Å². The molecule has 0 radical (unpaired) electrons. The van der Waals surface area contributed by atoms with Crippen LogP contribution in [0, 0.1) is 0 Å². The molecule has 0 unspecified atom stereocenters. The molecule has 1 amide bonds. The third-order valence-corrected chi connectivity index (χ3v) is 6.21. The predicted molar refractivity (Wildman–Crippen MR) is 121 cm³/mol. The van der Waals surface area contributed by atoms with E-state index in [1.807, 2.05) is 0 Å². The normalized spacial score (nSPS) is 11.1. The Morgan fingerprint density at radius 2 is 1.77 bits per heavy atom. The summed E-state index contributed by atoms with van der Waals surface area (Å²) in [7, 11) is -4.10. The van der Waals surface area contributed by atoms with E-state index in [1.54, 1.807) is 13.0 Å². The average molecular weight is 501 g/mol. The SMILES string of the molecule is CCNC(=O)c1cc(Oc2cncc(Cl)c2)ccc1NS(=O)(=O)c1ccc(Cl)cc1Cl. The molecule has 0 aliphatic carbocycles. The molecule has 3 aromatic rings. The fraction of sp³-hybridized carbons (Fsp3) is 0.100. The summed E-state index contributed by atoms with van der Waals surface area (Å²) in [6.07, 6.45) is 2.91. The molecule has 0 saturated carbocycles. The van der Waals surface area contributed by atoms with Crippen molar-refractivity contribution in [3.63, 3.8) is 0 Å². The molecule has 1 heterocycles. The van der Waals surface area contributed by atoms with Crippen LogP contribution < -0.4 is 14.8 Å². The van der Waals surface area contributed by atoms with Gasteiger partial charge in [-0.2, -0.15) is 0 Å². The number of hydrogen-bond acceptors (Lipinski definition) is 5. The van der Waals surface area contributed by atoms with Gasteiger partial charge in [-0.1, -0.05) is 34.8 Å². The summed E-state index contributed by atoms with van der Waals surface area (Å²) in [5, 5.41) is 3.27. The Kier molecular flexibility index (Phi) is 7.27. The van der Waals surface area contributed by atoms with Crippen LogP contribution in [0.15, 0.2) is 59.8 Å². The summed E-state index contributed by atoms with van der Waals surface area (Å²) in [6, 6.07) is 9.89. The maximum Gasteiger partial charge on any atom is 0.263 e. The smallest absolute Gasteiger partial charge is 0.263 e. The summed E-state index contributed by atoms with van der Waals surface area (Å²) in [4.78, 5) is 16.3. The number of carbonyl (C=O) groups is 1. The van der Waals surface area contributed by atoms with E-state index in [4.69, 9.17) is 39.5 Å². The Labute approximate surface area is 194 Å². The number of benzene rings is 2. The van der Waals surface area contributed by atoms with E-state index >= 15 is 0 Å². The first-order chi connectivity index (χ1) is 14.7. The number of ether oxygens (including phenoxy) is 1. The number of aromatic nitrogens is 1. The fourth-order valence-corrected chi connectivity index (χ4v) is 4.61. The van der Waals surface area contributed by atoms with Crippen molar-refractivity contribution in [1.29, 1.82) is 0 Å². The van der Waals surface area contributed by atoms with Gasteiger partial charge in [0.15, 0.2) is 0 Å². The van der Waals surface area contributed by atoms with Gasteiger partial charge in [0, 0.05) is 23.8 Å². The maximum atomic E-state index is 12.9. The van der Waals surface area contributed by atoms with E-state index in [2.05, 4.69) is 15.0 Å². The number of carbonyl (C=O) groups excluding carboxylic acids is 1. The zero-order valence-electron chi connectivity index (χ0n) is 16.0. The van der Waals surface area contributed by atoms with Gasteiger partial charge in [-0.05, 0) is 43.3 Å². The number of rotatable bonds is 7. The Hall–Kier alpha value is -2.52. The van der Waals surface area contributed by atoms with E-state index in [0.29, 0.717) is 22.3 Å². The van der Waals surface area contributed by atoms with Gasteiger partial charge in [0.05, 0.1) is 27.5 Å². The molecule has 31 heavy (non-hydrogen) atoms. The monoisotopic (exact) mass is 499 g/mol. The van der Waals surface area contributed by atoms with Gasteiger partial charge in [0.25, 0.3) is 15.9 Å². The average Bonchev–Trinajstić information content (AvgIpc) is 2.69. The lowest BCUT2D eigenvalue weighted by Gasteiger charge is -2.15. The molecule has 0 atom stereocenters. The van der Waals surface area contributed by atoms with Crippen molar-refractivity contribution in [2.45, 2.75) is 11.8 Å². The maximum absolute atomic E-state index is 12.9. The second-order valence-corrected chi connectivity index (χ2v) is 9.12. The number of sulfonamides is 1. The van der Waals surface area contributed by atoms with E-state index < -0.39 is 15.9 Å². The summed E-state index contributed by atoms with van der Waals surface area (Å²) < 4.78 is 33.8. The van der Waals surface area contributed by atoms with E-state index in [-0.39, 0.29) is 26.9 Å². The van der Waals surface area contributed by atoms with E-state index in [9.17, 15) is 13.2 Å². The Bertz CT molecular complexity index is 1240. The van der Waals surface area contributed by atoms with Crippen molar-refractivity contribution in [3.8, 4) is 11.5 Å². The minimum atomic E-state index is -4.10. The van der Waals surface area contributed by atoms with Crippen molar-refractivity contribution in [1.82, 2.24) is 10.3 Å². The summed E-state index contributed by atoms with van der Waals surface area (Å²) in [5.41, 5.74) is 0.108. The van der Waals surface area contributed by atoms with Crippen LogP contribution in [0.1, 0.15) is 17.3 Å². The van der Waals surface area contributed by atoms with Crippen molar-refractivity contribution >= 4 is 56.4 Å². The minimum absolute atomic E-state index is 0.0482. The second-order valence-electron chi connectivity index (χ2n) is 6.19. The van der Waals surface area contributed by atoms with Gasteiger partial charge in [-0.3, -0.25) is 14.5 Å². The molecule has 0 aliphatic rings. The highest BCUT2D eigenvalue weighted by Gasteiger charge is 2.22. The first-order valence-corrected chi connectivity index (χ1v) is 11.5. The third kappa shape index (κ3) is 5.80. The van der Waals surface area contributed by atoms with Crippen LogP contribution in [-0.2, 0) is 10.0 Å². The lowest BCUT2D eigenvalue weighted by atomic mass is 10.1. The van der Waals surface area contributed by atoms with Crippen LogP contribution in [0.2, 0.25) is 15.1 Å². The van der Waals surface area contributed by atoms with Crippen molar-refractivity contribution in [2.24, 2.45) is 0 Å². The van der Waals surface area contributed by atoms with E-state index in [0.717, 1.165) is 0 Å². The van der Waals surface area contributed by atoms with Crippen LogP contribution in [0.5, 0.6) is 11.5 Å². The highest BCUT2D eigenvalue weighted by Crippen LogP contribution is 2.31. The van der Waals surface area contributed by atoms with E-state index in [1.165, 1.54) is 48.8 Å². The molecule has 2 aromatic carbocycles. The largest absolute Gasteiger partial charge is 0.456 e. The summed E-state index contributed by atoms with van der Waals surface area (Å²) in [5.74, 6) is 0.158. The van der Waals surface area contributed by atoms with Gasteiger partial charge < -0.3 is 10.1 Å². The van der Waals surface area contributed by atoms with Crippen LogP contribution in [0.4, 0.5) is 5.69 Å². The molecule has 11 heteroatoms. The Morgan fingerprint density at radius 3 is 2.45 bits per heavy atom. The molecular weight excluding hydrogens is 485 g/mol. The molecule has 2 N–H and O–H groups in total. The number of hydrogen-bond donors (Lipinski definition) is 2. The van der Waals surface area contributed by atoms with Gasteiger partial charge in [-0.15, -0.1) is 0 Å². The molecule has 3 rings (SSSR count). The number of halogens is 3. The highest BCUT2D eigenvalue weighted by molar-refractivity contribution is 7.92. The molecule has 0 spiro atoms. The van der Waals surface area contributed by atoms with Gasteiger partial charge in [0.2, 0.25) is 0 Å². The molecular formula is C20H16Cl3N3O4S.